The Bertz CT molecular complexity index is 765. The number of nitrogens with one attached hydrogen (secondary N) is 2. The lowest BCUT2D eigenvalue weighted by Gasteiger charge is -2.32. The summed E-state index contributed by atoms with van der Waals surface area (Å²) in [6.45, 7) is 6.78. The number of rotatable bonds is 5. The summed E-state index contributed by atoms with van der Waals surface area (Å²) < 4.78 is 5.13. The molecule has 7 nitrogen and oxygen atoms in total. The Morgan fingerprint density at radius 1 is 1.17 bits per heavy atom. The third-order valence-corrected chi connectivity index (χ3v) is 4.88. The highest BCUT2D eigenvalue weighted by Gasteiger charge is 2.29. The molecule has 2 N–H and O–H groups in total. The lowest BCUT2D eigenvalue weighted by molar-refractivity contribution is -0.126. The van der Waals surface area contributed by atoms with E-state index >= 15 is 0 Å². The van der Waals surface area contributed by atoms with Gasteiger partial charge in [0, 0.05) is 31.2 Å². The van der Waals surface area contributed by atoms with Crippen LogP contribution >= 0.6 is 23.2 Å². The van der Waals surface area contributed by atoms with E-state index in [1.807, 2.05) is 0 Å². The van der Waals surface area contributed by atoms with Gasteiger partial charge in [-0.15, -0.1) is 0 Å². The van der Waals surface area contributed by atoms with Crippen molar-refractivity contribution >= 4 is 41.1 Å². The van der Waals surface area contributed by atoms with E-state index in [0.717, 1.165) is 6.42 Å². The van der Waals surface area contributed by atoms with Crippen LogP contribution in [0.4, 0.5) is 4.79 Å². The molecule has 2 rings (SSSR count). The van der Waals surface area contributed by atoms with Crippen molar-refractivity contribution in [3.05, 3.63) is 33.8 Å². The number of benzene rings is 1. The van der Waals surface area contributed by atoms with Crippen LogP contribution in [0.5, 0.6) is 0 Å². The zero-order valence-electron chi connectivity index (χ0n) is 16.9. The zero-order valence-corrected chi connectivity index (χ0v) is 18.4. The van der Waals surface area contributed by atoms with E-state index in [9.17, 15) is 14.4 Å². The highest BCUT2D eigenvalue weighted by molar-refractivity contribution is 6.36. The van der Waals surface area contributed by atoms with Gasteiger partial charge in [0.15, 0.2) is 0 Å². The molecule has 1 aliphatic rings. The number of carbonyl (C=O) groups is 3. The summed E-state index contributed by atoms with van der Waals surface area (Å²) in [5, 5.41) is 6.14. The van der Waals surface area contributed by atoms with E-state index < -0.39 is 11.7 Å². The summed E-state index contributed by atoms with van der Waals surface area (Å²) in [6.07, 6.45) is 0.898. The fourth-order valence-corrected chi connectivity index (χ4v) is 3.51. The van der Waals surface area contributed by atoms with Crippen LogP contribution in [0, 0.1) is 5.92 Å². The highest BCUT2D eigenvalue weighted by Crippen LogP contribution is 2.25. The molecule has 9 heteroatoms. The van der Waals surface area contributed by atoms with Crippen LogP contribution in [0.1, 0.15) is 44.0 Å². The predicted molar refractivity (Wildman–Crippen MR) is 112 cm³/mol. The topological polar surface area (TPSA) is 87.7 Å². The molecule has 3 amide bonds. The first-order chi connectivity index (χ1) is 13.6. The first-order valence-corrected chi connectivity index (χ1v) is 10.3. The number of nitrogens with zero attached hydrogens (tertiary/aromatic N) is 1. The first-order valence-electron chi connectivity index (χ1n) is 9.55. The summed E-state index contributed by atoms with van der Waals surface area (Å²) in [6, 6.07) is 4.74. The number of ether oxygens (including phenoxy) is 1. The van der Waals surface area contributed by atoms with E-state index in [4.69, 9.17) is 27.9 Å². The summed E-state index contributed by atoms with van der Waals surface area (Å²) in [5.74, 6) is -0.660. The van der Waals surface area contributed by atoms with E-state index in [-0.39, 0.29) is 30.8 Å². The van der Waals surface area contributed by atoms with Crippen molar-refractivity contribution in [3.8, 4) is 0 Å². The third kappa shape index (κ3) is 7.40. The maximum absolute atomic E-state index is 12.8. The van der Waals surface area contributed by atoms with Crippen LogP contribution in [-0.2, 0) is 9.53 Å². The van der Waals surface area contributed by atoms with Crippen molar-refractivity contribution < 1.29 is 19.1 Å². The van der Waals surface area contributed by atoms with Crippen molar-refractivity contribution in [3.63, 3.8) is 0 Å². The predicted octanol–water partition coefficient (Wildman–Crippen LogP) is 3.49. The quantitative estimate of drug-likeness (QED) is 0.681. The Labute approximate surface area is 181 Å². The van der Waals surface area contributed by atoms with Gasteiger partial charge < -0.3 is 20.3 Å². The maximum atomic E-state index is 12.8. The number of likely N-dealkylation sites (tertiary alicyclic amines) is 1. The molecule has 1 aromatic rings. The van der Waals surface area contributed by atoms with Crippen molar-refractivity contribution in [2.24, 2.45) is 5.92 Å². The Kier molecular flexibility index (Phi) is 8.16. The number of carbonyl (C=O) groups excluding carboxylic acids is 3. The van der Waals surface area contributed by atoms with Gasteiger partial charge >= 0.3 is 6.09 Å². The first kappa shape index (κ1) is 23.3. The van der Waals surface area contributed by atoms with Gasteiger partial charge in [0.25, 0.3) is 5.91 Å². The molecule has 0 bridgehead atoms. The Morgan fingerprint density at radius 2 is 1.86 bits per heavy atom. The minimum Gasteiger partial charge on any atom is -0.444 e. The molecule has 1 aromatic carbocycles. The van der Waals surface area contributed by atoms with E-state index in [2.05, 4.69) is 10.6 Å². The molecule has 1 unspecified atom stereocenters. The molecule has 1 aliphatic heterocycles. The molecular formula is C20H27Cl2N3O4. The number of amides is 3. The summed E-state index contributed by atoms with van der Waals surface area (Å²) >= 11 is 12.0. The highest BCUT2D eigenvalue weighted by atomic mass is 35.5. The Morgan fingerprint density at radius 3 is 2.52 bits per heavy atom. The molecule has 1 saturated heterocycles. The molecule has 0 spiro atoms. The van der Waals surface area contributed by atoms with Crippen molar-refractivity contribution in [2.45, 2.75) is 39.2 Å². The molecule has 1 fully saturated rings. The fourth-order valence-electron chi connectivity index (χ4n) is 3.02. The van der Waals surface area contributed by atoms with Gasteiger partial charge in [0.05, 0.1) is 16.5 Å². The second-order valence-electron chi connectivity index (χ2n) is 7.93. The van der Waals surface area contributed by atoms with Gasteiger partial charge in [-0.3, -0.25) is 9.59 Å². The van der Waals surface area contributed by atoms with Crippen molar-refractivity contribution in [1.29, 1.82) is 0 Å². The molecule has 29 heavy (non-hydrogen) atoms. The van der Waals surface area contributed by atoms with Gasteiger partial charge in [-0.2, -0.15) is 0 Å². The van der Waals surface area contributed by atoms with Gasteiger partial charge in [0.2, 0.25) is 5.91 Å². The molecule has 1 heterocycles. The van der Waals surface area contributed by atoms with Crippen molar-refractivity contribution in [2.75, 3.05) is 26.2 Å². The molecule has 0 aliphatic carbocycles. The number of piperidine rings is 1. The Balaban J connectivity index is 1.81. The monoisotopic (exact) mass is 443 g/mol. The second-order valence-corrected chi connectivity index (χ2v) is 8.78. The van der Waals surface area contributed by atoms with Gasteiger partial charge in [-0.1, -0.05) is 23.2 Å². The molecule has 0 aromatic heterocycles. The van der Waals surface area contributed by atoms with E-state index in [0.29, 0.717) is 35.1 Å². The molecule has 0 saturated carbocycles. The van der Waals surface area contributed by atoms with Crippen LogP contribution in [0.3, 0.4) is 0 Å². The van der Waals surface area contributed by atoms with E-state index in [1.165, 1.54) is 6.07 Å². The van der Waals surface area contributed by atoms with Gasteiger partial charge in [-0.05, 0) is 51.8 Å². The smallest absolute Gasteiger partial charge is 0.407 e. The number of hydrogen-bond acceptors (Lipinski definition) is 4. The lowest BCUT2D eigenvalue weighted by Crippen LogP contribution is -2.46. The second kappa shape index (κ2) is 10.2. The van der Waals surface area contributed by atoms with E-state index in [1.54, 1.807) is 37.8 Å². The zero-order chi connectivity index (χ0) is 21.6. The van der Waals surface area contributed by atoms with Gasteiger partial charge in [-0.25, -0.2) is 4.79 Å². The van der Waals surface area contributed by atoms with Crippen molar-refractivity contribution in [1.82, 2.24) is 15.5 Å². The van der Waals surface area contributed by atoms with Crippen LogP contribution in [-0.4, -0.2) is 54.6 Å². The van der Waals surface area contributed by atoms with Gasteiger partial charge in [0.1, 0.15) is 5.60 Å². The average molecular weight is 444 g/mol. The summed E-state index contributed by atoms with van der Waals surface area (Å²) in [5.41, 5.74) is -0.197. The van der Waals surface area contributed by atoms with Crippen LogP contribution in [0.25, 0.3) is 0 Å². The number of hydrogen-bond donors (Lipinski definition) is 2. The lowest BCUT2D eigenvalue weighted by atomic mass is 9.96. The molecule has 1 atom stereocenters. The molecule has 160 valence electrons. The minimum atomic E-state index is -0.571. The SMILES string of the molecule is CC(C)(C)OC(=O)NCCNC(=O)C1CCCN(C(=O)c2ccc(Cl)cc2Cl)C1. The standard InChI is InChI=1S/C20H27Cl2N3O4/c1-20(2,3)29-19(28)24-9-8-23-17(26)13-5-4-10-25(12-13)18(27)15-7-6-14(21)11-16(15)22/h6-7,11,13H,4-5,8-10,12H2,1-3H3,(H,23,26)(H,24,28). The summed E-state index contributed by atoms with van der Waals surface area (Å²) in [7, 11) is 0. The maximum Gasteiger partial charge on any atom is 0.407 e. The van der Waals surface area contributed by atoms with Crippen LogP contribution in [0.15, 0.2) is 18.2 Å². The normalized spacial score (nSPS) is 16.9. The number of halogens is 2. The largest absolute Gasteiger partial charge is 0.444 e. The molecule has 0 radical (unpaired) electrons. The summed E-state index contributed by atoms with van der Waals surface area (Å²) in [4.78, 5) is 38.4. The Hall–Kier alpha value is -1.99. The molecular weight excluding hydrogens is 417 g/mol. The minimum absolute atomic E-state index is 0.143. The average Bonchev–Trinajstić information content (AvgIpc) is 2.63. The number of alkyl carbamates (subject to hydrolysis) is 1. The third-order valence-electron chi connectivity index (χ3n) is 4.33. The fraction of sp³-hybridized carbons (Fsp3) is 0.550. The van der Waals surface area contributed by atoms with Crippen LogP contribution < -0.4 is 10.6 Å². The van der Waals surface area contributed by atoms with Crippen LogP contribution in [0.2, 0.25) is 10.0 Å².